The van der Waals surface area contributed by atoms with Crippen molar-refractivity contribution in [1.82, 2.24) is 9.38 Å². The number of anilines is 1. The van der Waals surface area contributed by atoms with Gasteiger partial charge in [0, 0.05) is 24.9 Å². The van der Waals surface area contributed by atoms with E-state index in [4.69, 9.17) is 10.1 Å². The first-order valence-corrected chi connectivity index (χ1v) is 7.35. The molecule has 1 N–H and O–H groups in total. The van der Waals surface area contributed by atoms with Crippen LogP contribution < -0.4 is 4.90 Å². The molecule has 0 aliphatic carbocycles. The summed E-state index contributed by atoms with van der Waals surface area (Å²) < 4.78 is 1.94. The number of aromatic nitrogens is 2. The van der Waals surface area contributed by atoms with E-state index in [1.165, 1.54) is 12.5 Å². The molecule has 5 nitrogen and oxygen atoms in total. The molecule has 21 heavy (non-hydrogen) atoms. The maximum atomic E-state index is 10.9. The molecule has 2 aromatic heterocycles. The zero-order chi connectivity index (χ0) is 14.8. The van der Waals surface area contributed by atoms with Crippen LogP contribution in [0.25, 0.3) is 11.7 Å². The zero-order valence-electron chi connectivity index (χ0n) is 12.1. The van der Waals surface area contributed by atoms with Gasteiger partial charge in [-0.05, 0) is 37.5 Å². The lowest BCUT2D eigenvalue weighted by atomic mass is 10.1. The Morgan fingerprint density at radius 2 is 2.38 bits per heavy atom. The maximum absolute atomic E-state index is 10.9. The van der Waals surface area contributed by atoms with Crippen molar-refractivity contribution in [2.45, 2.75) is 32.2 Å². The predicted octanol–water partition coefficient (Wildman–Crippen LogP) is 2.81. The topological polar surface area (TPSA) is 57.8 Å². The van der Waals surface area contributed by atoms with Gasteiger partial charge in [-0.3, -0.25) is 4.40 Å². The molecule has 1 unspecified atom stereocenters. The highest BCUT2D eigenvalue weighted by molar-refractivity contribution is 5.86. The largest absolute Gasteiger partial charge is 0.478 e. The summed E-state index contributed by atoms with van der Waals surface area (Å²) in [6.45, 7) is 3.17. The Morgan fingerprint density at radius 3 is 3.14 bits per heavy atom. The van der Waals surface area contributed by atoms with Gasteiger partial charge in [0.1, 0.15) is 5.65 Å². The van der Waals surface area contributed by atoms with Crippen LogP contribution >= 0.6 is 0 Å². The second kappa shape index (κ2) is 5.60. The van der Waals surface area contributed by atoms with Gasteiger partial charge < -0.3 is 10.0 Å². The highest BCUT2D eigenvalue weighted by Crippen LogP contribution is 2.30. The third-order valence-corrected chi connectivity index (χ3v) is 4.05. The van der Waals surface area contributed by atoms with Gasteiger partial charge >= 0.3 is 5.97 Å². The summed E-state index contributed by atoms with van der Waals surface area (Å²) in [6, 6.07) is 6.31. The van der Waals surface area contributed by atoms with E-state index in [-0.39, 0.29) is 0 Å². The number of fused-ring (bicyclic) bond motifs is 1. The molecule has 1 fully saturated rings. The highest BCUT2D eigenvalue weighted by atomic mass is 16.4. The van der Waals surface area contributed by atoms with Gasteiger partial charge in [-0.1, -0.05) is 13.0 Å². The summed E-state index contributed by atoms with van der Waals surface area (Å²) >= 11 is 0. The molecule has 5 heteroatoms. The van der Waals surface area contributed by atoms with Gasteiger partial charge in [0.2, 0.25) is 0 Å². The van der Waals surface area contributed by atoms with Crippen LogP contribution in [0.2, 0.25) is 0 Å². The Hall–Kier alpha value is -2.30. The Morgan fingerprint density at radius 1 is 1.52 bits per heavy atom. The summed E-state index contributed by atoms with van der Waals surface area (Å²) in [4.78, 5) is 17.9. The molecule has 2 aromatic rings. The van der Waals surface area contributed by atoms with E-state index in [1.807, 2.05) is 28.8 Å². The van der Waals surface area contributed by atoms with Crippen molar-refractivity contribution in [1.29, 1.82) is 0 Å². The van der Waals surface area contributed by atoms with Gasteiger partial charge in [0.15, 0.2) is 5.82 Å². The molecule has 1 atom stereocenters. The fourth-order valence-electron chi connectivity index (χ4n) is 3.06. The lowest BCUT2D eigenvalue weighted by molar-refractivity contribution is -0.131. The number of carboxylic acids is 1. The summed E-state index contributed by atoms with van der Waals surface area (Å²) in [5.74, 6) is -0.0525. The van der Waals surface area contributed by atoms with E-state index in [9.17, 15) is 4.79 Å². The van der Waals surface area contributed by atoms with Crippen LogP contribution in [0.5, 0.6) is 0 Å². The molecule has 0 saturated carbocycles. The lowest BCUT2D eigenvalue weighted by Gasteiger charge is -2.24. The first-order chi connectivity index (χ1) is 10.2. The molecule has 0 bridgehead atoms. The van der Waals surface area contributed by atoms with Crippen molar-refractivity contribution in [2.24, 2.45) is 0 Å². The van der Waals surface area contributed by atoms with Crippen LogP contribution in [-0.2, 0) is 4.79 Å². The van der Waals surface area contributed by atoms with E-state index >= 15 is 0 Å². The molecule has 0 aromatic carbocycles. The fraction of sp³-hybridized carbons (Fsp3) is 0.375. The number of nitrogens with zero attached hydrogens (tertiary/aromatic N) is 3. The molecule has 0 spiro atoms. The number of pyridine rings is 1. The van der Waals surface area contributed by atoms with Gasteiger partial charge in [0.25, 0.3) is 0 Å². The van der Waals surface area contributed by atoms with Crippen molar-refractivity contribution < 1.29 is 9.90 Å². The Bertz CT molecular complexity index is 690. The maximum Gasteiger partial charge on any atom is 0.328 e. The molecular weight excluding hydrogens is 266 g/mol. The van der Waals surface area contributed by atoms with Crippen molar-refractivity contribution in [3.63, 3.8) is 0 Å². The van der Waals surface area contributed by atoms with Gasteiger partial charge in [0.05, 0.1) is 5.69 Å². The first kappa shape index (κ1) is 13.7. The van der Waals surface area contributed by atoms with Gasteiger partial charge in [-0.2, -0.15) is 0 Å². The SMILES string of the molecule is CCC1CCCN1c1nc2ccccn2c1/C=C/C(=O)O. The minimum Gasteiger partial charge on any atom is -0.478 e. The minimum atomic E-state index is -0.944. The van der Waals surface area contributed by atoms with Crippen LogP contribution in [0.3, 0.4) is 0 Å². The average molecular weight is 285 g/mol. The summed E-state index contributed by atoms with van der Waals surface area (Å²) in [6.07, 6.45) is 8.15. The minimum absolute atomic E-state index is 0.492. The number of carbonyl (C=O) groups is 1. The Labute approximate surface area is 123 Å². The first-order valence-electron chi connectivity index (χ1n) is 7.35. The van der Waals surface area contributed by atoms with E-state index < -0.39 is 5.97 Å². The van der Waals surface area contributed by atoms with Crippen molar-refractivity contribution in [3.05, 3.63) is 36.2 Å². The molecular formula is C16H19N3O2. The molecule has 1 aliphatic heterocycles. The molecule has 1 aliphatic rings. The Balaban J connectivity index is 2.12. The van der Waals surface area contributed by atoms with Crippen LogP contribution in [0.1, 0.15) is 31.9 Å². The number of carboxylic acid groups (broad SMARTS) is 1. The zero-order valence-corrected chi connectivity index (χ0v) is 12.1. The number of hydrogen-bond donors (Lipinski definition) is 1. The molecule has 110 valence electrons. The monoisotopic (exact) mass is 285 g/mol. The molecule has 0 radical (unpaired) electrons. The van der Waals surface area contributed by atoms with Gasteiger partial charge in [-0.25, -0.2) is 9.78 Å². The van der Waals surface area contributed by atoms with Crippen molar-refractivity contribution in [2.75, 3.05) is 11.4 Å². The molecule has 0 amide bonds. The van der Waals surface area contributed by atoms with Crippen LogP contribution in [0, 0.1) is 0 Å². The fourth-order valence-corrected chi connectivity index (χ4v) is 3.06. The third kappa shape index (κ3) is 2.51. The quantitative estimate of drug-likeness (QED) is 0.878. The van der Waals surface area contributed by atoms with Crippen LogP contribution in [0.4, 0.5) is 5.82 Å². The van der Waals surface area contributed by atoms with E-state index in [0.717, 1.165) is 36.5 Å². The molecule has 1 saturated heterocycles. The van der Waals surface area contributed by atoms with Crippen LogP contribution in [0.15, 0.2) is 30.5 Å². The highest BCUT2D eigenvalue weighted by Gasteiger charge is 2.27. The van der Waals surface area contributed by atoms with Crippen LogP contribution in [-0.4, -0.2) is 33.0 Å². The normalized spacial score (nSPS) is 18.9. The molecule has 3 rings (SSSR count). The second-order valence-electron chi connectivity index (χ2n) is 5.32. The van der Waals surface area contributed by atoms with E-state index in [2.05, 4.69) is 11.8 Å². The standard InChI is InChI=1S/C16H19N3O2/c1-2-12-6-5-11-18(12)16-13(8-9-15(20)21)19-10-4-3-7-14(19)17-16/h3-4,7-10,12H,2,5-6,11H2,1H3,(H,20,21)/b9-8+. The molecule has 3 heterocycles. The summed E-state index contributed by atoms with van der Waals surface area (Å²) in [7, 11) is 0. The predicted molar refractivity (Wildman–Crippen MR) is 82.5 cm³/mol. The summed E-state index contributed by atoms with van der Waals surface area (Å²) in [5.41, 5.74) is 1.69. The van der Waals surface area contributed by atoms with E-state index in [0.29, 0.717) is 6.04 Å². The number of imidazole rings is 1. The third-order valence-electron chi connectivity index (χ3n) is 4.05. The van der Waals surface area contributed by atoms with Gasteiger partial charge in [-0.15, -0.1) is 0 Å². The summed E-state index contributed by atoms with van der Waals surface area (Å²) in [5, 5.41) is 8.91. The Kier molecular flexibility index (Phi) is 3.64. The average Bonchev–Trinajstić information content (AvgIpc) is 3.08. The lowest BCUT2D eigenvalue weighted by Crippen LogP contribution is -2.29. The van der Waals surface area contributed by atoms with Crippen molar-refractivity contribution in [3.8, 4) is 0 Å². The number of hydrogen-bond acceptors (Lipinski definition) is 3. The smallest absolute Gasteiger partial charge is 0.328 e. The number of aliphatic carboxylic acids is 1. The number of rotatable bonds is 4. The second-order valence-corrected chi connectivity index (χ2v) is 5.32. The van der Waals surface area contributed by atoms with Crippen molar-refractivity contribution >= 4 is 23.5 Å². The van der Waals surface area contributed by atoms with E-state index in [1.54, 1.807) is 6.08 Å².